The van der Waals surface area contributed by atoms with Crippen LogP contribution in [0.3, 0.4) is 0 Å². The number of hydrogen-bond acceptors (Lipinski definition) is 5. The topological polar surface area (TPSA) is 84.4 Å². The van der Waals surface area contributed by atoms with Crippen LogP contribution in [0.4, 0.5) is 4.79 Å². The number of rotatable bonds is 2. The van der Waals surface area contributed by atoms with Crippen LogP contribution in [0, 0.1) is 11.3 Å². The molecule has 4 fully saturated rings. The van der Waals surface area contributed by atoms with Crippen molar-refractivity contribution < 1.29 is 14.3 Å². The third-order valence-electron chi connectivity index (χ3n) is 7.73. The van der Waals surface area contributed by atoms with Gasteiger partial charge in [-0.05, 0) is 50.0 Å². The Morgan fingerprint density at radius 3 is 2.50 bits per heavy atom. The lowest BCUT2D eigenvalue weighted by molar-refractivity contribution is -0.144. The normalized spacial score (nSPS) is 27.4. The van der Waals surface area contributed by atoms with Crippen molar-refractivity contribution in [2.24, 2.45) is 11.3 Å². The Morgan fingerprint density at radius 2 is 1.90 bits per heavy atom. The fraction of sp³-hybridized carbons (Fsp3) is 0.739. The molecule has 0 radical (unpaired) electrons. The van der Waals surface area contributed by atoms with E-state index in [9.17, 15) is 9.59 Å². The van der Waals surface area contributed by atoms with E-state index in [0.717, 1.165) is 31.8 Å². The second-order valence-corrected chi connectivity index (χ2v) is 11.1. The average molecular weight is 413 g/mol. The lowest BCUT2D eigenvalue weighted by Gasteiger charge is -2.53. The maximum absolute atomic E-state index is 12.9. The van der Waals surface area contributed by atoms with E-state index in [1.54, 1.807) is 0 Å². The number of cyclic esters (lactones) is 1. The Morgan fingerprint density at radius 1 is 1.20 bits per heavy atom. The van der Waals surface area contributed by atoms with Gasteiger partial charge in [-0.2, -0.15) is 0 Å². The predicted molar refractivity (Wildman–Crippen MR) is 111 cm³/mol. The number of carbonyl (C=O) groups is 2. The van der Waals surface area contributed by atoms with E-state index < -0.39 is 0 Å². The van der Waals surface area contributed by atoms with Gasteiger partial charge in [-0.3, -0.25) is 4.79 Å². The molecule has 2 aliphatic heterocycles. The number of nitrogens with zero attached hydrogens (tertiary/aromatic N) is 3. The lowest BCUT2D eigenvalue weighted by Crippen LogP contribution is -2.59. The van der Waals surface area contributed by atoms with Crippen LogP contribution >= 0.6 is 0 Å². The van der Waals surface area contributed by atoms with Gasteiger partial charge in [0.2, 0.25) is 5.91 Å². The molecule has 7 heteroatoms. The molecule has 1 aromatic rings. The Kier molecular flexibility index (Phi) is 4.39. The summed E-state index contributed by atoms with van der Waals surface area (Å²) in [7, 11) is 0. The second-order valence-electron chi connectivity index (χ2n) is 11.1. The summed E-state index contributed by atoms with van der Waals surface area (Å²) in [6.07, 6.45) is 7.50. The molecule has 3 heterocycles. The molecule has 2 spiro atoms. The largest absolute Gasteiger partial charge is 0.447 e. The molecular weight excluding hydrogens is 380 g/mol. The van der Waals surface area contributed by atoms with E-state index in [1.165, 1.54) is 18.5 Å². The van der Waals surface area contributed by atoms with E-state index in [4.69, 9.17) is 9.72 Å². The molecule has 0 bridgehead atoms. The lowest BCUT2D eigenvalue weighted by atomic mass is 9.56. The third-order valence-corrected chi connectivity index (χ3v) is 7.73. The van der Waals surface area contributed by atoms with Crippen molar-refractivity contribution in [3.05, 3.63) is 23.8 Å². The first-order valence-corrected chi connectivity index (χ1v) is 11.2. The third kappa shape index (κ3) is 3.36. The van der Waals surface area contributed by atoms with Crippen molar-refractivity contribution >= 4 is 12.0 Å². The molecule has 0 atom stereocenters. The van der Waals surface area contributed by atoms with E-state index in [2.05, 4.69) is 42.0 Å². The van der Waals surface area contributed by atoms with Gasteiger partial charge in [0.05, 0.1) is 5.54 Å². The first kappa shape index (κ1) is 19.8. The number of amides is 2. The van der Waals surface area contributed by atoms with Crippen LogP contribution in [-0.4, -0.2) is 52.1 Å². The maximum atomic E-state index is 12.9. The molecule has 162 valence electrons. The number of alkyl carbamates (subject to hydrolysis) is 1. The second kappa shape index (κ2) is 6.66. The maximum Gasteiger partial charge on any atom is 0.407 e. The van der Waals surface area contributed by atoms with Gasteiger partial charge in [-0.25, -0.2) is 14.8 Å². The molecular formula is C23H32N4O3. The van der Waals surface area contributed by atoms with Gasteiger partial charge in [0.1, 0.15) is 12.4 Å². The van der Waals surface area contributed by atoms with Crippen molar-refractivity contribution in [1.29, 1.82) is 0 Å². The standard InChI is InChI=1S/C23H32N4O3/c1-21(2,3)19-24-7-4-17(25-19)15-10-22(11-15)5-8-27(9-6-22)18(28)16-12-23(13-16)14-30-20(29)26-23/h4,7,15-16H,5-6,8-14H2,1-3H3,(H,26,29). The van der Waals surface area contributed by atoms with E-state index in [-0.39, 0.29) is 28.9 Å². The average Bonchev–Trinajstić information content (AvgIpc) is 3.06. The van der Waals surface area contributed by atoms with Crippen molar-refractivity contribution in [2.75, 3.05) is 19.7 Å². The molecule has 30 heavy (non-hydrogen) atoms. The van der Waals surface area contributed by atoms with Crippen molar-refractivity contribution in [2.45, 2.75) is 76.2 Å². The minimum Gasteiger partial charge on any atom is -0.447 e. The molecule has 1 N–H and O–H groups in total. The zero-order valence-corrected chi connectivity index (χ0v) is 18.2. The molecule has 1 aromatic heterocycles. The molecule has 7 nitrogen and oxygen atoms in total. The molecule has 2 saturated heterocycles. The molecule has 2 amide bonds. The summed E-state index contributed by atoms with van der Waals surface area (Å²) < 4.78 is 5.02. The van der Waals surface area contributed by atoms with Crippen LogP contribution in [0.25, 0.3) is 0 Å². The van der Waals surface area contributed by atoms with Gasteiger partial charge in [0, 0.05) is 42.2 Å². The number of hydrogen-bond donors (Lipinski definition) is 1. The quantitative estimate of drug-likeness (QED) is 0.807. The van der Waals surface area contributed by atoms with Crippen LogP contribution in [0.5, 0.6) is 0 Å². The van der Waals surface area contributed by atoms with Crippen LogP contribution in [0.15, 0.2) is 12.3 Å². The van der Waals surface area contributed by atoms with Gasteiger partial charge in [-0.1, -0.05) is 20.8 Å². The summed E-state index contributed by atoms with van der Waals surface area (Å²) in [5, 5.41) is 2.88. The smallest absolute Gasteiger partial charge is 0.407 e. The Balaban J connectivity index is 1.12. The molecule has 4 aliphatic rings. The van der Waals surface area contributed by atoms with Crippen LogP contribution in [0.1, 0.15) is 76.7 Å². The molecule has 2 aliphatic carbocycles. The van der Waals surface area contributed by atoms with Crippen LogP contribution in [-0.2, 0) is 14.9 Å². The predicted octanol–water partition coefficient (Wildman–Crippen LogP) is 3.15. The van der Waals surface area contributed by atoms with E-state index >= 15 is 0 Å². The van der Waals surface area contributed by atoms with Gasteiger partial charge >= 0.3 is 6.09 Å². The SMILES string of the molecule is CC(C)(C)c1nccc(C2CC3(CCN(C(=O)C4CC5(COC(=O)N5)C4)CC3)C2)n1. The Bertz CT molecular complexity index is 855. The Hall–Kier alpha value is -2.18. The summed E-state index contributed by atoms with van der Waals surface area (Å²) in [5.41, 5.74) is 1.25. The van der Waals surface area contributed by atoms with Crippen LogP contribution < -0.4 is 5.32 Å². The van der Waals surface area contributed by atoms with E-state index in [1.807, 2.05) is 6.20 Å². The Labute approximate surface area is 178 Å². The molecule has 0 aromatic carbocycles. The number of ether oxygens (including phenoxy) is 1. The summed E-state index contributed by atoms with van der Waals surface area (Å²) >= 11 is 0. The fourth-order valence-electron chi connectivity index (χ4n) is 5.79. The highest BCUT2D eigenvalue weighted by atomic mass is 16.6. The summed E-state index contributed by atoms with van der Waals surface area (Å²) in [6.45, 7) is 8.57. The molecule has 5 rings (SSSR count). The molecule has 2 saturated carbocycles. The number of nitrogens with one attached hydrogen (secondary N) is 1. The monoisotopic (exact) mass is 412 g/mol. The van der Waals surface area contributed by atoms with Crippen molar-refractivity contribution in [3.63, 3.8) is 0 Å². The first-order chi connectivity index (χ1) is 14.2. The number of piperidine rings is 1. The fourth-order valence-corrected chi connectivity index (χ4v) is 5.79. The first-order valence-electron chi connectivity index (χ1n) is 11.2. The minimum atomic E-state index is -0.348. The highest BCUT2D eigenvalue weighted by molar-refractivity contribution is 5.81. The minimum absolute atomic E-state index is 0.0311. The highest BCUT2D eigenvalue weighted by Gasteiger charge is 2.54. The number of likely N-dealkylation sites (tertiary alicyclic amines) is 1. The number of aromatic nitrogens is 2. The summed E-state index contributed by atoms with van der Waals surface area (Å²) in [4.78, 5) is 35.6. The van der Waals surface area contributed by atoms with Crippen molar-refractivity contribution in [1.82, 2.24) is 20.2 Å². The van der Waals surface area contributed by atoms with Crippen molar-refractivity contribution in [3.8, 4) is 0 Å². The van der Waals surface area contributed by atoms with Crippen LogP contribution in [0.2, 0.25) is 0 Å². The zero-order chi connectivity index (χ0) is 21.1. The van der Waals surface area contributed by atoms with Gasteiger partial charge < -0.3 is 15.0 Å². The van der Waals surface area contributed by atoms with Gasteiger partial charge in [0.25, 0.3) is 0 Å². The highest BCUT2D eigenvalue weighted by Crippen LogP contribution is 2.56. The molecule has 0 unspecified atom stereocenters. The zero-order valence-electron chi connectivity index (χ0n) is 18.2. The van der Waals surface area contributed by atoms with Gasteiger partial charge in [0.15, 0.2) is 0 Å². The van der Waals surface area contributed by atoms with Gasteiger partial charge in [-0.15, -0.1) is 0 Å². The number of carbonyl (C=O) groups excluding carboxylic acids is 2. The summed E-state index contributed by atoms with van der Waals surface area (Å²) in [5.74, 6) is 1.74. The summed E-state index contributed by atoms with van der Waals surface area (Å²) in [6, 6.07) is 2.07. The van der Waals surface area contributed by atoms with E-state index in [0.29, 0.717) is 30.8 Å².